The third-order valence-corrected chi connectivity index (χ3v) is 3.27. The fourth-order valence-corrected chi connectivity index (χ4v) is 2.05. The molecule has 0 saturated heterocycles. The van der Waals surface area contributed by atoms with Crippen molar-refractivity contribution in [1.29, 1.82) is 0 Å². The van der Waals surface area contributed by atoms with Gasteiger partial charge in [0.2, 0.25) is 0 Å². The van der Waals surface area contributed by atoms with Crippen molar-refractivity contribution < 1.29 is 54.2 Å². The summed E-state index contributed by atoms with van der Waals surface area (Å²) in [7, 11) is 0. The first-order valence-electron chi connectivity index (χ1n) is 7.62. The summed E-state index contributed by atoms with van der Waals surface area (Å²) in [5.74, 6) is -7.69. The normalized spacial score (nSPS) is 12.1. The Balaban J connectivity index is 2.13. The SMILES string of the molecule is O=C(/C=C/C(=O)Oc1ccc(F)cc1C(F)(F)F)Oc1ccc(F)cc1C(F)(F)F. The standard InChI is InChI=1S/C18H8F8O4/c19-9-1-3-13(11(7-9)17(21,22)23)29-15(27)5-6-16(28)30-14-4-2-10(20)8-12(14)18(24,25)26/h1-8H/b6-5+. The maximum absolute atomic E-state index is 13.0. The Labute approximate surface area is 162 Å². The highest BCUT2D eigenvalue weighted by Gasteiger charge is 2.36. The van der Waals surface area contributed by atoms with Crippen LogP contribution in [-0.4, -0.2) is 11.9 Å². The molecule has 30 heavy (non-hydrogen) atoms. The van der Waals surface area contributed by atoms with E-state index in [2.05, 4.69) is 9.47 Å². The van der Waals surface area contributed by atoms with Gasteiger partial charge in [0.25, 0.3) is 0 Å². The van der Waals surface area contributed by atoms with Crippen molar-refractivity contribution in [3.63, 3.8) is 0 Å². The van der Waals surface area contributed by atoms with Crippen LogP contribution in [0.25, 0.3) is 0 Å². The van der Waals surface area contributed by atoms with Crippen LogP contribution >= 0.6 is 0 Å². The van der Waals surface area contributed by atoms with E-state index in [0.29, 0.717) is 24.3 Å². The molecule has 0 N–H and O–H groups in total. The first-order chi connectivity index (χ1) is 13.8. The first kappa shape index (κ1) is 22.8. The molecule has 0 bridgehead atoms. The van der Waals surface area contributed by atoms with E-state index in [4.69, 9.17) is 0 Å². The molecule has 2 aromatic carbocycles. The van der Waals surface area contributed by atoms with Crippen LogP contribution in [0.1, 0.15) is 11.1 Å². The van der Waals surface area contributed by atoms with Gasteiger partial charge in [0.05, 0.1) is 0 Å². The maximum atomic E-state index is 13.0. The van der Waals surface area contributed by atoms with Crippen molar-refractivity contribution in [3.8, 4) is 11.5 Å². The second-order valence-electron chi connectivity index (χ2n) is 5.45. The highest BCUT2D eigenvalue weighted by Crippen LogP contribution is 2.37. The minimum Gasteiger partial charge on any atom is -0.423 e. The molecule has 0 atom stereocenters. The van der Waals surface area contributed by atoms with Crippen LogP contribution in [0.2, 0.25) is 0 Å². The van der Waals surface area contributed by atoms with Gasteiger partial charge in [0.1, 0.15) is 34.3 Å². The van der Waals surface area contributed by atoms with Crippen LogP contribution in [0.3, 0.4) is 0 Å². The smallest absolute Gasteiger partial charge is 0.420 e. The van der Waals surface area contributed by atoms with Crippen LogP contribution in [0.15, 0.2) is 48.6 Å². The van der Waals surface area contributed by atoms with Gasteiger partial charge in [-0.2, -0.15) is 26.3 Å². The number of benzene rings is 2. The van der Waals surface area contributed by atoms with Crippen LogP contribution in [0.5, 0.6) is 11.5 Å². The molecule has 0 unspecified atom stereocenters. The Morgan fingerprint density at radius 2 is 1.00 bits per heavy atom. The number of halogens is 8. The zero-order valence-corrected chi connectivity index (χ0v) is 14.3. The lowest BCUT2D eigenvalue weighted by atomic mass is 10.2. The average molecular weight is 440 g/mol. The molecule has 0 aliphatic heterocycles. The molecule has 0 saturated carbocycles. The molecule has 0 fully saturated rings. The minimum atomic E-state index is -5.06. The topological polar surface area (TPSA) is 52.6 Å². The number of hydrogen-bond acceptors (Lipinski definition) is 4. The summed E-state index contributed by atoms with van der Waals surface area (Å²) in [4.78, 5) is 23.2. The van der Waals surface area contributed by atoms with Crippen LogP contribution in [-0.2, 0) is 21.9 Å². The number of carbonyl (C=O) groups excluding carboxylic acids is 2. The molecular formula is C18H8F8O4. The highest BCUT2D eigenvalue weighted by molar-refractivity contribution is 5.93. The number of esters is 2. The molecule has 0 amide bonds. The van der Waals surface area contributed by atoms with Crippen molar-refractivity contribution in [1.82, 2.24) is 0 Å². The third kappa shape index (κ3) is 6.03. The molecule has 0 heterocycles. The van der Waals surface area contributed by atoms with Crippen LogP contribution in [0, 0.1) is 11.6 Å². The number of rotatable bonds is 4. The van der Waals surface area contributed by atoms with Crippen LogP contribution < -0.4 is 9.47 Å². The van der Waals surface area contributed by atoms with E-state index in [-0.39, 0.29) is 24.3 Å². The molecule has 0 aliphatic carbocycles. The Hall–Kier alpha value is -3.44. The lowest BCUT2D eigenvalue weighted by Gasteiger charge is -2.12. The molecule has 160 valence electrons. The Kier molecular flexibility index (Phi) is 6.48. The number of ether oxygens (including phenoxy) is 2. The second-order valence-corrected chi connectivity index (χ2v) is 5.45. The van der Waals surface area contributed by atoms with Gasteiger partial charge in [0.15, 0.2) is 0 Å². The molecular weight excluding hydrogens is 432 g/mol. The van der Waals surface area contributed by atoms with E-state index in [1.807, 2.05) is 0 Å². The summed E-state index contributed by atoms with van der Waals surface area (Å²) < 4.78 is 112. The van der Waals surface area contributed by atoms with Gasteiger partial charge in [-0.05, 0) is 36.4 Å². The van der Waals surface area contributed by atoms with Crippen molar-refractivity contribution in [2.45, 2.75) is 12.4 Å². The van der Waals surface area contributed by atoms with E-state index in [1.54, 1.807) is 0 Å². The molecule has 2 aromatic rings. The quantitative estimate of drug-likeness (QED) is 0.288. The molecule has 4 nitrogen and oxygen atoms in total. The molecule has 0 aliphatic rings. The van der Waals surface area contributed by atoms with E-state index in [1.165, 1.54) is 0 Å². The van der Waals surface area contributed by atoms with Gasteiger partial charge in [-0.3, -0.25) is 0 Å². The average Bonchev–Trinajstić information content (AvgIpc) is 2.61. The van der Waals surface area contributed by atoms with Crippen molar-refractivity contribution in [2.75, 3.05) is 0 Å². The molecule has 0 spiro atoms. The molecule has 2 rings (SSSR count). The number of hydrogen-bond donors (Lipinski definition) is 0. The predicted octanol–water partition coefficient (Wildman–Crippen LogP) is 5.07. The van der Waals surface area contributed by atoms with Crippen molar-refractivity contribution in [3.05, 3.63) is 71.3 Å². The highest BCUT2D eigenvalue weighted by atomic mass is 19.4. The molecule has 12 heteroatoms. The number of carbonyl (C=O) groups is 2. The predicted molar refractivity (Wildman–Crippen MR) is 83.2 cm³/mol. The minimum absolute atomic E-state index is 0.0772. The van der Waals surface area contributed by atoms with E-state index < -0.39 is 58.6 Å². The molecule has 0 aromatic heterocycles. The van der Waals surface area contributed by atoms with Gasteiger partial charge in [-0.25, -0.2) is 18.4 Å². The van der Waals surface area contributed by atoms with Crippen molar-refractivity contribution in [2.24, 2.45) is 0 Å². The van der Waals surface area contributed by atoms with Crippen molar-refractivity contribution >= 4 is 11.9 Å². The van der Waals surface area contributed by atoms with E-state index in [0.717, 1.165) is 0 Å². The second kappa shape index (κ2) is 8.51. The Morgan fingerprint density at radius 3 is 1.30 bits per heavy atom. The zero-order chi connectivity index (χ0) is 22.7. The summed E-state index contributed by atoms with van der Waals surface area (Å²) in [5, 5.41) is 0. The maximum Gasteiger partial charge on any atom is 0.420 e. The number of alkyl halides is 6. The fraction of sp³-hybridized carbons (Fsp3) is 0.111. The van der Waals surface area contributed by atoms with Crippen LogP contribution in [0.4, 0.5) is 35.1 Å². The monoisotopic (exact) mass is 440 g/mol. The lowest BCUT2D eigenvalue weighted by molar-refractivity contribution is -0.143. The van der Waals surface area contributed by atoms with Gasteiger partial charge in [0, 0.05) is 12.2 Å². The fourth-order valence-electron chi connectivity index (χ4n) is 2.05. The van der Waals surface area contributed by atoms with Gasteiger partial charge in [-0.15, -0.1) is 0 Å². The first-order valence-corrected chi connectivity index (χ1v) is 7.62. The lowest BCUT2D eigenvalue weighted by Crippen LogP contribution is -2.14. The third-order valence-electron chi connectivity index (χ3n) is 3.27. The van der Waals surface area contributed by atoms with Gasteiger partial charge < -0.3 is 9.47 Å². The zero-order valence-electron chi connectivity index (χ0n) is 14.3. The van der Waals surface area contributed by atoms with E-state index in [9.17, 15) is 44.7 Å². The summed E-state index contributed by atoms with van der Waals surface area (Å²) in [6.07, 6.45) is -9.56. The Morgan fingerprint density at radius 1 is 0.667 bits per heavy atom. The summed E-state index contributed by atoms with van der Waals surface area (Å²) in [5.41, 5.74) is -3.21. The van der Waals surface area contributed by atoms with Gasteiger partial charge in [-0.1, -0.05) is 0 Å². The van der Waals surface area contributed by atoms with E-state index >= 15 is 0 Å². The Bertz CT molecular complexity index is 913. The largest absolute Gasteiger partial charge is 0.423 e. The summed E-state index contributed by atoms with van der Waals surface area (Å²) in [6.45, 7) is 0. The summed E-state index contributed by atoms with van der Waals surface area (Å²) >= 11 is 0. The summed E-state index contributed by atoms with van der Waals surface area (Å²) in [6, 6.07) is 2.38. The molecule has 0 radical (unpaired) electrons. The van der Waals surface area contributed by atoms with Gasteiger partial charge >= 0.3 is 24.3 Å².